The first-order valence-electron chi connectivity index (χ1n) is 8.44. The van der Waals surface area contributed by atoms with Crippen LogP contribution in [0.15, 0.2) is 0 Å². The zero-order valence-corrected chi connectivity index (χ0v) is 13.7. The lowest BCUT2D eigenvalue weighted by Crippen LogP contribution is -2.34. The fourth-order valence-corrected chi connectivity index (χ4v) is 2.42. The van der Waals surface area contributed by atoms with E-state index in [1.54, 1.807) is 0 Å². The summed E-state index contributed by atoms with van der Waals surface area (Å²) in [5.74, 6) is 0.468. The van der Waals surface area contributed by atoms with Gasteiger partial charge in [0.15, 0.2) is 0 Å². The minimum absolute atomic E-state index is 0.00597. The Morgan fingerprint density at radius 2 is 1.65 bits per heavy atom. The van der Waals surface area contributed by atoms with E-state index in [4.69, 9.17) is 0 Å². The molecule has 0 saturated carbocycles. The molecule has 0 fully saturated rings. The zero-order chi connectivity index (χ0) is 15.2. The lowest BCUT2D eigenvalue weighted by molar-refractivity contribution is -0.139. The quantitative estimate of drug-likeness (QED) is 0.367. The topological polar surface area (TPSA) is 37.4 Å². The predicted molar refractivity (Wildman–Crippen MR) is 84.5 cm³/mol. The average Bonchev–Trinajstić information content (AvgIpc) is 2.47. The lowest BCUT2D eigenvalue weighted by Gasteiger charge is -2.22. The molecule has 118 valence electrons. The monoisotopic (exact) mass is 283 g/mol. The smallest absolute Gasteiger partial charge is 0.228 e. The van der Waals surface area contributed by atoms with Gasteiger partial charge in [-0.1, -0.05) is 65.7 Å². The molecule has 0 saturated heterocycles. The second-order valence-electron chi connectivity index (χ2n) is 5.73. The Kier molecular flexibility index (Phi) is 12.6. The van der Waals surface area contributed by atoms with Crippen LogP contribution in [0.2, 0.25) is 0 Å². The molecule has 0 aromatic rings. The second kappa shape index (κ2) is 13.1. The van der Waals surface area contributed by atoms with E-state index in [0.717, 1.165) is 32.1 Å². The van der Waals surface area contributed by atoms with Crippen LogP contribution in [0.1, 0.15) is 85.0 Å². The van der Waals surface area contributed by atoms with E-state index in [0.29, 0.717) is 18.9 Å². The number of imide groups is 1. The SMILES string of the molecule is CCCCCCCC(=O)N(C=O)CC(CC)CCCC. The summed E-state index contributed by atoms with van der Waals surface area (Å²) in [7, 11) is 0. The number of nitrogens with zero attached hydrogens (tertiary/aromatic N) is 1. The minimum atomic E-state index is 0.00597. The third-order valence-electron chi connectivity index (χ3n) is 3.94. The maximum absolute atomic E-state index is 12.0. The first-order chi connectivity index (χ1) is 9.69. The Labute approximate surface area is 125 Å². The average molecular weight is 283 g/mol. The number of amides is 2. The highest BCUT2D eigenvalue weighted by Gasteiger charge is 2.16. The third kappa shape index (κ3) is 9.11. The number of hydrogen-bond acceptors (Lipinski definition) is 2. The summed E-state index contributed by atoms with van der Waals surface area (Å²) in [5, 5.41) is 0. The Hall–Kier alpha value is -0.860. The molecule has 0 bridgehead atoms. The Morgan fingerprint density at radius 1 is 1.00 bits per heavy atom. The van der Waals surface area contributed by atoms with Gasteiger partial charge in [0, 0.05) is 13.0 Å². The van der Waals surface area contributed by atoms with Crippen molar-refractivity contribution in [2.45, 2.75) is 85.0 Å². The molecule has 0 heterocycles. The fraction of sp³-hybridized carbons (Fsp3) is 0.882. The first-order valence-corrected chi connectivity index (χ1v) is 8.44. The molecule has 1 atom stereocenters. The normalized spacial score (nSPS) is 12.2. The van der Waals surface area contributed by atoms with Crippen LogP contribution in [0.25, 0.3) is 0 Å². The van der Waals surface area contributed by atoms with Crippen molar-refractivity contribution in [2.75, 3.05) is 6.54 Å². The summed E-state index contributed by atoms with van der Waals surface area (Å²) in [6.07, 6.45) is 11.4. The summed E-state index contributed by atoms with van der Waals surface area (Å²) in [5.41, 5.74) is 0. The molecule has 0 radical (unpaired) electrons. The molecule has 2 amide bonds. The molecule has 0 aliphatic carbocycles. The molecule has 0 aliphatic heterocycles. The first kappa shape index (κ1) is 19.1. The highest BCUT2D eigenvalue weighted by Crippen LogP contribution is 2.15. The summed E-state index contributed by atoms with van der Waals surface area (Å²) < 4.78 is 0. The molecule has 1 unspecified atom stereocenters. The molecule has 20 heavy (non-hydrogen) atoms. The summed E-state index contributed by atoms with van der Waals surface area (Å²) in [4.78, 5) is 24.5. The molecule has 0 spiro atoms. The van der Waals surface area contributed by atoms with E-state index in [2.05, 4.69) is 20.8 Å². The third-order valence-corrected chi connectivity index (χ3v) is 3.94. The van der Waals surface area contributed by atoms with Crippen molar-refractivity contribution >= 4 is 12.3 Å². The van der Waals surface area contributed by atoms with Gasteiger partial charge in [-0.05, 0) is 18.8 Å². The van der Waals surface area contributed by atoms with Crippen molar-refractivity contribution in [3.8, 4) is 0 Å². The van der Waals surface area contributed by atoms with Crippen molar-refractivity contribution < 1.29 is 9.59 Å². The summed E-state index contributed by atoms with van der Waals surface area (Å²) in [6.45, 7) is 7.10. The number of unbranched alkanes of at least 4 members (excludes halogenated alkanes) is 5. The van der Waals surface area contributed by atoms with Gasteiger partial charge in [0.05, 0.1) is 0 Å². The Morgan fingerprint density at radius 3 is 2.20 bits per heavy atom. The molecule has 3 nitrogen and oxygen atoms in total. The van der Waals surface area contributed by atoms with Crippen LogP contribution < -0.4 is 0 Å². The van der Waals surface area contributed by atoms with Gasteiger partial charge in [-0.25, -0.2) is 0 Å². The number of carbonyl (C=O) groups excluding carboxylic acids is 2. The molecular weight excluding hydrogens is 250 g/mol. The molecule has 0 aromatic heterocycles. The largest absolute Gasteiger partial charge is 0.285 e. The lowest BCUT2D eigenvalue weighted by atomic mass is 9.98. The van der Waals surface area contributed by atoms with Crippen LogP contribution in [-0.2, 0) is 9.59 Å². The van der Waals surface area contributed by atoms with Gasteiger partial charge in [-0.3, -0.25) is 14.5 Å². The molecule has 0 aromatic carbocycles. The standard InChI is InChI=1S/C17H33NO2/c1-4-7-9-10-11-13-17(20)18(15-19)14-16(6-3)12-8-5-2/h15-16H,4-14H2,1-3H3. The summed E-state index contributed by atoms with van der Waals surface area (Å²) in [6, 6.07) is 0. The van der Waals surface area contributed by atoms with Crippen LogP contribution in [-0.4, -0.2) is 23.8 Å². The molecule has 3 heteroatoms. The molecule has 0 rings (SSSR count). The maximum Gasteiger partial charge on any atom is 0.228 e. The molecule has 0 N–H and O–H groups in total. The van der Waals surface area contributed by atoms with E-state index in [9.17, 15) is 9.59 Å². The number of hydrogen-bond donors (Lipinski definition) is 0. The Bertz CT molecular complexity index is 253. The molecular formula is C17H33NO2. The number of carbonyl (C=O) groups is 2. The van der Waals surface area contributed by atoms with Gasteiger partial charge in [0.1, 0.15) is 0 Å². The van der Waals surface area contributed by atoms with Crippen molar-refractivity contribution in [2.24, 2.45) is 5.92 Å². The van der Waals surface area contributed by atoms with Crippen LogP contribution in [0.3, 0.4) is 0 Å². The van der Waals surface area contributed by atoms with Crippen molar-refractivity contribution in [3.05, 3.63) is 0 Å². The van der Waals surface area contributed by atoms with Crippen molar-refractivity contribution in [1.82, 2.24) is 4.90 Å². The van der Waals surface area contributed by atoms with Crippen molar-refractivity contribution in [3.63, 3.8) is 0 Å². The fourth-order valence-electron chi connectivity index (χ4n) is 2.42. The van der Waals surface area contributed by atoms with Crippen molar-refractivity contribution in [1.29, 1.82) is 0 Å². The Balaban J connectivity index is 4.02. The van der Waals surface area contributed by atoms with Gasteiger partial charge in [0.2, 0.25) is 12.3 Å². The second-order valence-corrected chi connectivity index (χ2v) is 5.73. The van der Waals surface area contributed by atoms with E-state index < -0.39 is 0 Å². The number of rotatable bonds is 13. The summed E-state index contributed by atoms with van der Waals surface area (Å²) >= 11 is 0. The zero-order valence-electron chi connectivity index (χ0n) is 13.7. The van der Waals surface area contributed by atoms with Gasteiger partial charge in [0.25, 0.3) is 0 Å². The van der Waals surface area contributed by atoms with Gasteiger partial charge < -0.3 is 0 Å². The van der Waals surface area contributed by atoms with E-state index in [1.807, 2.05) is 0 Å². The van der Waals surface area contributed by atoms with Gasteiger partial charge in [-0.2, -0.15) is 0 Å². The maximum atomic E-state index is 12.0. The molecule has 0 aliphatic rings. The highest BCUT2D eigenvalue weighted by atomic mass is 16.2. The van der Waals surface area contributed by atoms with Crippen LogP contribution in [0, 0.1) is 5.92 Å². The van der Waals surface area contributed by atoms with E-state index >= 15 is 0 Å². The van der Waals surface area contributed by atoms with E-state index in [1.165, 1.54) is 37.0 Å². The van der Waals surface area contributed by atoms with Crippen LogP contribution in [0.5, 0.6) is 0 Å². The van der Waals surface area contributed by atoms with Crippen LogP contribution >= 0.6 is 0 Å². The minimum Gasteiger partial charge on any atom is -0.285 e. The van der Waals surface area contributed by atoms with E-state index in [-0.39, 0.29) is 5.91 Å². The van der Waals surface area contributed by atoms with Gasteiger partial charge >= 0.3 is 0 Å². The predicted octanol–water partition coefficient (Wildman–Crippen LogP) is 4.55. The highest BCUT2D eigenvalue weighted by molar-refractivity contribution is 5.86. The van der Waals surface area contributed by atoms with Crippen LogP contribution in [0.4, 0.5) is 0 Å². The van der Waals surface area contributed by atoms with Gasteiger partial charge in [-0.15, -0.1) is 0 Å².